The van der Waals surface area contributed by atoms with Crippen LogP contribution in [0.3, 0.4) is 0 Å². The first-order valence-corrected chi connectivity index (χ1v) is 26.1. The fourth-order valence-corrected chi connectivity index (χ4v) is 10.2. The molecule has 0 fully saturated rings. The topological polar surface area (TPSA) is 35.9 Å². The summed E-state index contributed by atoms with van der Waals surface area (Å²) in [5.74, 6) is 0.206. The van der Waals surface area contributed by atoms with E-state index in [1.54, 1.807) is 69.8 Å². The van der Waals surface area contributed by atoms with Crippen molar-refractivity contribution in [3.8, 4) is 84.3 Å². The van der Waals surface area contributed by atoms with Crippen molar-refractivity contribution in [2.24, 2.45) is 0 Å². The van der Waals surface area contributed by atoms with E-state index in [2.05, 4.69) is 23.4 Å². The van der Waals surface area contributed by atoms with Crippen LogP contribution in [-0.2, 0) is 31.9 Å². The van der Waals surface area contributed by atoms with Crippen LogP contribution in [0.15, 0.2) is 224 Å². The molecule has 83 heavy (non-hydrogen) atoms. The van der Waals surface area contributed by atoms with E-state index in [-0.39, 0.29) is 111 Å². The molecule has 0 unspecified atom stereocenters. The Morgan fingerprint density at radius 1 is 0.530 bits per heavy atom. The molecule has 0 saturated heterocycles. The zero-order valence-electron chi connectivity index (χ0n) is 72.5. The van der Waals surface area contributed by atoms with E-state index in [4.69, 9.17) is 32.2 Å². The van der Waals surface area contributed by atoms with Gasteiger partial charge in [0, 0.05) is 62.2 Å². The zero-order chi connectivity index (χ0) is 79.6. The molecule has 0 N–H and O–H groups in total. The van der Waals surface area contributed by atoms with Crippen LogP contribution in [-0.4, -0.2) is 14.1 Å². The summed E-state index contributed by atoms with van der Waals surface area (Å²) in [6, 6.07) is 21.8. The predicted molar refractivity (Wildman–Crippen MR) is 339 cm³/mol. The third-order valence-electron chi connectivity index (χ3n) is 14.2. The van der Waals surface area contributed by atoms with E-state index in [9.17, 15) is 9.60 Å². The summed E-state index contributed by atoms with van der Waals surface area (Å²) in [6.45, 7) is 2.78. The molecule has 0 aliphatic rings. The van der Waals surface area contributed by atoms with Crippen molar-refractivity contribution in [3.05, 3.63) is 270 Å². The third-order valence-corrected chi connectivity index (χ3v) is 14.2. The molecule has 10 aromatic carbocycles. The second-order valence-corrected chi connectivity index (χ2v) is 21.7. The van der Waals surface area contributed by atoms with Gasteiger partial charge in [-0.3, -0.25) is 4.57 Å². The molecule has 0 amide bonds. The number of rotatable bonds is 10. The summed E-state index contributed by atoms with van der Waals surface area (Å²) < 4.78 is 253. The molecule has 0 bridgehead atoms. The van der Waals surface area contributed by atoms with Gasteiger partial charge in [-0.15, -0.1) is 29.7 Å². The predicted octanol–water partition coefficient (Wildman–Crippen LogP) is 19.4. The molecule has 0 aliphatic carbocycles. The molecule has 0 spiro atoms. The molecule has 13 aromatic rings. The number of para-hydroxylation sites is 1. The van der Waals surface area contributed by atoms with Crippen LogP contribution in [0.4, 0.5) is 0 Å². The molecule has 3 heterocycles. The second-order valence-electron chi connectivity index (χ2n) is 21.7. The maximum absolute atomic E-state index is 10.4. The Bertz CT molecular complexity index is 5840. The van der Waals surface area contributed by atoms with Gasteiger partial charge in [0.05, 0.1) is 41.4 Å². The number of nitrogens with zero attached hydrogens (tertiary/aromatic N) is 4. The SMILES string of the molecule is [2H]c1c([2H])c([2H])c(-c2cnc(-n3c4[c-]c(Oc5[c-]c(-n6[c-][n+](-c7c(-c8c([2H])c(-c9c([2H])c([2H])c([2H])c([2H])c9[2H])c([2H])c(-c9c([2H])c([2H])c([2H])c([2H])c9[2H])c8[2H])cc(C(C)(C)C)cc7C(C)(C)C)c7ccc(-c8c(C([2H])([2H])[2H])cccc8C([2H])([2H])[2H])cc76)ccc5)ccc4c4ccccc43)cc2C([2H])([2H])[2H])c([2H])c1[2H].[Pt]. The maximum atomic E-state index is 10.4. The quantitative estimate of drug-likeness (QED) is 0.101. The van der Waals surface area contributed by atoms with Gasteiger partial charge in [-0.25, -0.2) is 4.98 Å². The number of hydrogen-bond donors (Lipinski definition) is 0. The molecule has 3 aromatic heterocycles. The van der Waals surface area contributed by atoms with Gasteiger partial charge < -0.3 is 13.9 Å². The molecule has 6 heteroatoms. The van der Waals surface area contributed by atoms with Crippen molar-refractivity contribution in [3.63, 3.8) is 0 Å². The second kappa shape index (κ2) is 21.8. The standard InChI is InChI=1S/C77H64N4O.Pt/c1-50-23-21-24-51(2)74(50)56-35-38-70-72(43-56)79(49-80(70)75-66(44-60(76(4,5)6)45-68(75)77(7,8)9)59-41-57(53-25-13-10-14-26-53)40-58(42-59)54-27-15-11-16-28-54)61-31-22-32-62(46-61)82-63-36-37-65-64-33-19-20-34-69(64)81(71(65)47-63)73-39-52(3)67(48-78-73)55-29-17-12-18-30-55;/h10-45,48H,1-9H3;/q-2;/i1D3,2D3,3D3,10D,11D,12D,13D,14D,15D,16D,17D,18D,25D,26D,27D,28D,29D,30D,40D,41D,42D;. The minimum absolute atomic E-state index is 0. The largest absolute Gasteiger partial charge is 0.510 e. The summed E-state index contributed by atoms with van der Waals surface area (Å²) in [5.41, 5.74) is -3.39. The minimum atomic E-state index is -2.91. The van der Waals surface area contributed by atoms with E-state index < -0.39 is 162 Å². The van der Waals surface area contributed by atoms with Crippen molar-refractivity contribution in [2.75, 3.05) is 0 Å². The molecular weight excluding hydrogens is 1190 g/mol. The number of pyridine rings is 1. The molecule has 0 saturated carbocycles. The first-order chi connectivity index (χ1) is 50.8. The molecule has 0 atom stereocenters. The smallest absolute Gasteiger partial charge is 0.268 e. The molecule has 410 valence electrons. The Morgan fingerprint density at radius 3 is 1.83 bits per heavy atom. The van der Waals surface area contributed by atoms with Crippen LogP contribution in [0.2, 0.25) is 0 Å². The van der Waals surface area contributed by atoms with Crippen molar-refractivity contribution < 1.29 is 67.4 Å². The molecule has 0 radical (unpaired) electrons. The summed E-state index contributed by atoms with van der Waals surface area (Å²) in [5, 5.41) is 1.31. The maximum Gasteiger partial charge on any atom is 0.268 e. The van der Waals surface area contributed by atoms with Crippen LogP contribution in [0.25, 0.3) is 106 Å². The van der Waals surface area contributed by atoms with E-state index in [0.29, 0.717) is 32.9 Å². The average molecular weight is 1280 g/mol. The zero-order valence-corrected chi connectivity index (χ0v) is 47.8. The van der Waals surface area contributed by atoms with E-state index in [1.165, 1.54) is 34.9 Å². The molecule has 5 nitrogen and oxygen atoms in total. The number of aryl methyl sites for hydroxylation is 3. The Hall–Kier alpha value is -8.89. The first kappa shape index (κ1) is 31.5. The van der Waals surface area contributed by atoms with Crippen LogP contribution in [0.5, 0.6) is 11.5 Å². The normalized spacial score (nSPS) is 16.9. The Balaban J connectivity index is 0.0000113. The number of hydrogen-bond acceptors (Lipinski definition) is 2. The summed E-state index contributed by atoms with van der Waals surface area (Å²) in [4.78, 5) is 4.69. The van der Waals surface area contributed by atoms with Gasteiger partial charge in [-0.1, -0.05) is 198 Å². The van der Waals surface area contributed by atoms with E-state index in [1.807, 2.05) is 59.7 Å². The van der Waals surface area contributed by atoms with Gasteiger partial charge in [0.25, 0.3) is 6.33 Å². The van der Waals surface area contributed by atoms with Crippen molar-refractivity contribution in [2.45, 2.75) is 72.9 Å². The molecular formula is C77H64N4OPt-2. The average Bonchev–Trinajstić information content (AvgIpc) is 1.01. The monoisotopic (exact) mass is 1280 g/mol. The van der Waals surface area contributed by atoms with Crippen LogP contribution < -0.4 is 9.30 Å². The van der Waals surface area contributed by atoms with Gasteiger partial charge in [-0.05, 0) is 157 Å². The Morgan fingerprint density at radius 2 is 1.17 bits per heavy atom. The Kier molecular flexibility index (Phi) is 8.27. The van der Waals surface area contributed by atoms with Gasteiger partial charge in [0.15, 0.2) is 0 Å². The van der Waals surface area contributed by atoms with Crippen LogP contribution in [0, 0.1) is 39.0 Å². The Labute approximate surface area is 540 Å². The van der Waals surface area contributed by atoms with E-state index in [0.717, 1.165) is 6.20 Å². The number of ether oxygens (including phenoxy) is 1. The van der Waals surface area contributed by atoms with Crippen molar-refractivity contribution in [1.29, 1.82) is 0 Å². The third kappa shape index (κ3) is 10.3. The van der Waals surface area contributed by atoms with E-state index >= 15 is 0 Å². The van der Waals surface area contributed by atoms with Gasteiger partial charge in [-0.2, -0.15) is 18.2 Å². The number of aromatic nitrogens is 4. The number of benzene rings is 10. The van der Waals surface area contributed by atoms with Gasteiger partial charge in [0.1, 0.15) is 5.82 Å². The van der Waals surface area contributed by atoms with Crippen LogP contribution in [0.1, 0.15) is 106 Å². The minimum Gasteiger partial charge on any atom is -0.510 e. The molecule has 0 aliphatic heterocycles. The van der Waals surface area contributed by atoms with Crippen molar-refractivity contribution >= 4 is 32.8 Å². The fourth-order valence-electron chi connectivity index (χ4n) is 10.2. The first-order valence-electron chi connectivity index (χ1n) is 39.6. The fraction of sp³-hybridized carbons (Fsp3) is 0.143. The van der Waals surface area contributed by atoms with Gasteiger partial charge in [0.2, 0.25) is 0 Å². The van der Waals surface area contributed by atoms with Gasteiger partial charge >= 0.3 is 0 Å². The van der Waals surface area contributed by atoms with Crippen LogP contribution >= 0.6 is 0 Å². The summed E-state index contributed by atoms with van der Waals surface area (Å²) >= 11 is 0. The summed E-state index contributed by atoms with van der Waals surface area (Å²) in [6.07, 6.45) is 4.65. The van der Waals surface area contributed by atoms with Crippen molar-refractivity contribution in [1.82, 2.24) is 14.1 Å². The number of imidazole rings is 1. The number of fused-ring (bicyclic) bond motifs is 4. The molecule has 13 rings (SSSR count). The summed E-state index contributed by atoms with van der Waals surface area (Å²) in [7, 11) is 0.